The zero-order chi connectivity index (χ0) is 24.5. The molecule has 0 fully saturated rings. The number of nitrogens with one attached hydrogen (secondary N) is 1. The predicted molar refractivity (Wildman–Crippen MR) is 126 cm³/mol. The van der Waals surface area contributed by atoms with Crippen molar-refractivity contribution in [3.63, 3.8) is 0 Å². The van der Waals surface area contributed by atoms with Gasteiger partial charge >= 0.3 is 0 Å². The molecule has 1 amide bonds. The summed E-state index contributed by atoms with van der Waals surface area (Å²) in [6, 6.07) is 12.0. The fourth-order valence-electron chi connectivity index (χ4n) is 3.49. The Balaban J connectivity index is 1.49. The van der Waals surface area contributed by atoms with Crippen molar-refractivity contribution in [3.8, 4) is 5.82 Å². The highest BCUT2D eigenvalue weighted by Gasteiger charge is 2.22. The molecular weight excluding hydrogens is 476 g/mol. The van der Waals surface area contributed by atoms with Crippen LogP contribution < -0.4 is 5.32 Å². The van der Waals surface area contributed by atoms with Crippen LogP contribution in [0.15, 0.2) is 79.5 Å². The first-order valence-electron chi connectivity index (χ1n) is 10.3. The van der Waals surface area contributed by atoms with Crippen molar-refractivity contribution in [3.05, 3.63) is 113 Å². The SMILES string of the molecule is O=C(Nc1ccc(Cl)c(C(=O)c2ccc3ncc(-n4ccnc4)nc3c2)c1F)c1cccc(F)c1. The predicted octanol–water partition coefficient (Wildman–Crippen LogP) is 5.23. The van der Waals surface area contributed by atoms with Gasteiger partial charge in [0.05, 0.1) is 33.5 Å². The van der Waals surface area contributed by atoms with Crippen LogP contribution in [0.3, 0.4) is 0 Å². The lowest BCUT2D eigenvalue weighted by Gasteiger charge is -2.12. The molecule has 0 saturated carbocycles. The lowest BCUT2D eigenvalue weighted by atomic mass is 10.0. The Hall–Kier alpha value is -4.50. The van der Waals surface area contributed by atoms with E-state index < -0.39 is 28.9 Å². The number of nitrogens with zero attached hydrogens (tertiary/aromatic N) is 4. The van der Waals surface area contributed by atoms with Crippen LogP contribution in [0.5, 0.6) is 0 Å². The van der Waals surface area contributed by atoms with E-state index in [9.17, 15) is 14.0 Å². The largest absolute Gasteiger partial charge is 0.319 e. The quantitative estimate of drug-likeness (QED) is 0.341. The van der Waals surface area contributed by atoms with Crippen LogP contribution in [-0.4, -0.2) is 31.2 Å². The van der Waals surface area contributed by atoms with Crippen LogP contribution in [0.4, 0.5) is 14.5 Å². The molecule has 7 nitrogen and oxygen atoms in total. The number of carbonyl (C=O) groups is 2. The number of rotatable bonds is 5. The Morgan fingerprint density at radius 3 is 2.60 bits per heavy atom. The first-order valence-corrected chi connectivity index (χ1v) is 10.6. The van der Waals surface area contributed by atoms with Gasteiger partial charge < -0.3 is 5.32 Å². The van der Waals surface area contributed by atoms with E-state index in [1.54, 1.807) is 35.6 Å². The molecule has 0 saturated heterocycles. The number of amides is 1. The molecule has 35 heavy (non-hydrogen) atoms. The summed E-state index contributed by atoms with van der Waals surface area (Å²) < 4.78 is 30.5. The van der Waals surface area contributed by atoms with Gasteiger partial charge in [0.1, 0.15) is 12.1 Å². The van der Waals surface area contributed by atoms with Gasteiger partial charge in [-0.25, -0.2) is 18.7 Å². The van der Waals surface area contributed by atoms with Crippen molar-refractivity contribution in [2.75, 3.05) is 5.32 Å². The maximum atomic E-state index is 15.4. The summed E-state index contributed by atoms with van der Waals surface area (Å²) in [6.45, 7) is 0. The minimum atomic E-state index is -1.01. The second-order valence-corrected chi connectivity index (χ2v) is 7.89. The molecule has 0 atom stereocenters. The molecule has 5 aromatic rings. The summed E-state index contributed by atoms with van der Waals surface area (Å²) in [7, 11) is 0. The van der Waals surface area contributed by atoms with Crippen molar-refractivity contribution in [1.82, 2.24) is 19.5 Å². The maximum Gasteiger partial charge on any atom is 0.255 e. The Morgan fingerprint density at radius 2 is 1.83 bits per heavy atom. The highest BCUT2D eigenvalue weighted by Crippen LogP contribution is 2.29. The number of imidazole rings is 1. The number of benzene rings is 3. The summed E-state index contributed by atoms with van der Waals surface area (Å²) in [5.74, 6) is -2.57. The number of halogens is 3. The van der Waals surface area contributed by atoms with Gasteiger partial charge in [-0.1, -0.05) is 17.7 Å². The van der Waals surface area contributed by atoms with E-state index >= 15 is 4.39 Å². The van der Waals surface area contributed by atoms with Gasteiger partial charge in [0.25, 0.3) is 5.91 Å². The van der Waals surface area contributed by atoms with E-state index in [1.165, 1.54) is 42.5 Å². The van der Waals surface area contributed by atoms with E-state index in [-0.39, 0.29) is 21.8 Å². The monoisotopic (exact) mass is 489 g/mol. The number of aromatic nitrogens is 4. The van der Waals surface area contributed by atoms with Gasteiger partial charge in [0.2, 0.25) is 0 Å². The Kier molecular flexibility index (Phi) is 5.76. The Labute approximate surface area is 202 Å². The molecule has 2 aromatic heterocycles. The molecule has 0 radical (unpaired) electrons. The maximum absolute atomic E-state index is 15.4. The van der Waals surface area contributed by atoms with Crippen LogP contribution in [0, 0.1) is 11.6 Å². The fourth-order valence-corrected chi connectivity index (χ4v) is 3.72. The summed E-state index contributed by atoms with van der Waals surface area (Å²) >= 11 is 6.17. The molecule has 5 rings (SSSR count). The highest BCUT2D eigenvalue weighted by atomic mass is 35.5. The number of anilines is 1. The van der Waals surface area contributed by atoms with E-state index in [0.29, 0.717) is 16.9 Å². The molecule has 172 valence electrons. The first-order chi connectivity index (χ1) is 16.9. The minimum absolute atomic E-state index is 0.00553. The third-order valence-electron chi connectivity index (χ3n) is 5.21. The number of carbonyl (C=O) groups excluding carboxylic acids is 2. The third kappa shape index (κ3) is 4.36. The van der Waals surface area contributed by atoms with Crippen LogP contribution in [0.2, 0.25) is 5.02 Å². The smallest absolute Gasteiger partial charge is 0.255 e. The van der Waals surface area contributed by atoms with Crippen LogP contribution in [0.25, 0.3) is 16.9 Å². The fraction of sp³-hybridized carbons (Fsp3) is 0. The molecular formula is C25H14ClF2N5O2. The number of fused-ring (bicyclic) bond motifs is 1. The van der Waals surface area contributed by atoms with Crippen molar-refractivity contribution < 1.29 is 18.4 Å². The molecule has 0 aliphatic rings. The second-order valence-electron chi connectivity index (χ2n) is 7.48. The average molecular weight is 490 g/mol. The lowest BCUT2D eigenvalue weighted by molar-refractivity contribution is 0.101. The topological polar surface area (TPSA) is 89.8 Å². The molecule has 0 spiro atoms. The standard InChI is InChI=1S/C25H14ClF2N5O2/c26-17-5-7-19(32-25(35)15-2-1-3-16(27)10-15)23(28)22(17)24(34)14-4-6-18-20(11-14)31-21(12-30-18)33-9-8-29-13-33/h1-13H,(H,32,35). The van der Waals surface area contributed by atoms with Crippen molar-refractivity contribution in [2.45, 2.75) is 0 Å². The van der Waals surface area contributed by atoms with Gasteiger partial charge in [-0.05, 0) is 48.5 Å². The number of hydrogen-bond donors (Lipinski definition) is 1. The van der Waals surface area contributed by atoms with Gasteiger partial charge in [-0.2, -0.15) is 0 Å². The van der Waals surface area contributed by atoms with Gasteiger partial charge in [0, 0.05) is 23.5 Å². The number of hydrogen-bond acceptors (Lipinski definition) is 5. The van der Waals surface area contributed by atoms with E-state index in [2.05, 4.69) is 20.3 Å². The molecule has 3 aromatic carbocycles. The molecule has 0 bridgehead atoms. The zero-order valence-corrected chi connectivity index (χ0v) is 18.5. The molecule has 0 aliphatic carbocycles. The summed E-state index contributed by atoms with van der Waals surface area (Å²) in [4.78, 5) is 38.5. The Bertz CT molecular complexity index is 1610. The van der Waals surface area contributed by atoms with Gasteiger partial charge in [-0.3, -0.25) is 19.1 Å². The van der Waals surface area contributed by atoms with Gasteiger partial charge in [0.15, 0.2) is 17.4 Å². The molecule has 1 N–H and O–H groups in total. The first kappa shape index (κ1) is 22.3. The van der Waals surface area contributed by atoms with Crippen molar-refractivity contribution in [2.24, 2.45) is 0 Å². The van der Waals surface area contributed by atoms with E-state index in [0.717, 1.165) is 6.07 Å². The van der Waals surface area contributed by atoms with Crippen LogP contribution in [-0.2, 0) is 0 Å². The summed E-state index contributed by atoms with van der Waals surface area (Å²) in [5, 5.41) is 2.23. The third-order valence-corrected chi connectivity index (χ3v) is 5.53. The lowest BCUT2D eigenvalue weighted by Crippen LogP contribution is -2.15. The Morgan fingerprint density at radius 1 is 0.971 bits per heavy atom. The number of ketones is 1. The van der Waals surface area contributed by atoms with Gasteiger partial charge in [-0.15, -0.1) is 0 Å². The highest BCUT2D eigenvalue weighted by molar-refractivity contribution is 6.35. The van der Waals surface area contributed by atoms with Crippen molar-refractivity contribution >= 4 is 40.0 Å². The minimum Gasteiger partial charge on any atom is -0.319 e. The second kappa shape index (κ2) is 9.03. The summed E-state index contributed by atoms with van der Waals surface area (Å²) in [5.41, 5.74) is 0.386. The van der Waals surface area contributed by atoms with E-state index in [4.69, 9.17) is 11.6 Å². The summed E-state index contributed by atoms with van der Waals surface area (Å²) in [6.07, 6.45) is 6.41. The molecule has 10 heteroatoms. The zero-order valence-electron chi connectivity index (χ0n) is 17.7. The van der Waals surface area contributed by atoms with Crippen LogP contribution >= 0.6 is 11.6 Å². The normalized spacial score (nSPS) is 10.9. The molecule has 0 aliphatic heterocycles. The average Bonchev–Trinajstić information content (AvgIpc) is 3.40. The molecule has 2 heterocycles. The van der Waals surface area contributed by atoms with Crippen LogP contribution in [0.1, 0.15) is 26.3 Å². The van der Waals surface area contributed by atoms with Crippen molar-refractivity contribution in [1.29, 1.82) is 0 Å². The molecule has 0 unspecified atom stereocenters. The van der Waals surface area contributed by atoms with E-state index in [1.807, 2.05) is 0 Å².